The number of benzene rings is 2. The average molecular weight is 250 g/mol. The molecule has 92 valence electrons. The number of rotatable bonds is 2. The zero-order valence-electron chi connectivity index (χ0n) is 9.95. The number of aromatic carboxylic acids is 1. The predicted octanol–water partition coefficient (Wildman–Crippen LogP) is 3.00. The van der Waals surface area contributed by atoms with E-state index in [1.807, 2.05) is 30.3 Å². The van der Waals surface area contributed by atoms with Gasteiger partial charge in [0.2, 0.25) is 0 Å². The molecule has 0 radical (unpaired) electrons. The first-order valence-corrected chi connectivity index (χ1v) is 5.80. The third kappa shape index (κ3) is 2.04. The van der Waals surface area contributed by atoms with Crippen LogP contribution in [0.2, 0.25) is 0 Å². The molecule has 0 aliphatic heterocycles. The number of carboxylic acids is 1. The highest BCUT2D eigenvalue weighted by atomic mass is 16.4. The van der Waals surface area contributed by atoms with E-state index in [1.165, 1.54) is 6.07 Å². The van der Waals surface area contributed by atoms with Gasteiger partial charge in [-0.05, 0) is 12.1 Å². The predicted molar refractivity (Wildman–Crippen MR) is 71.9 cm³/mol. The molecule has 0 saturated heterocycles. The summed E-state index contributed by atoms with van der Waals surface area (Å²) in [5.41, 5.74) is 2.75. The summed E-state index contributed by atoms with van der Waals surface area (Å²) in [6, 6.07) is 14.5. The Morgan fingerprint density at radius 1 is 1.00 bits per heavy atom. The molecule has 0 atom stereocenters. The molecular formula is C15H10N2O2. The third-order valence-corrected chi connectivity index (χ3v) is 2.87. The standard InChI is InChI=1S/C15H10N2O2/c18-15(19)11-7-4-8-12-14(11)17-13(9-16-12)10-5-2-1-3-6-10/h1-9H,(H,18,19). The van der Waals surface area contributed by atoms with Gasteiger partial charge in [0.05, 0.1) is 23.0 Å². The highest BCUT2D eigenvalue weighted by molar-refractivity contribution is 6.01. The van der Waals surface area contributed by atoms with Crippen LogP contribution in [0.25, 0.3) is 22.3 Å². The monoisotopic (exact) mass is 250 g/mol. The molecule has 0 bridgehead atoms. The van der Waals surface area contributed by atoms with E-state index in [0.717, 1.165) is 5.56 Å². The van der Waals surface area contributed by atoms with Crippen molar-refractivity contribution in [2.45, 2.75) is 0 Å². The van der Waals surface area contributed by atoms with Gasteiger partial charge in [-0.3, -0.25) is 4.98 Å². The quantitative estimate of drug-likeness (QED) is 0.759. The third-order valence-electron chi connectivity index (χ3n) is 2.87. The minimum Gasteiger partial charge on any atom is -0.478 e. The van der Waals surface area contributed by atoms with E-state index < -0.39 is 5.97 Å². The summed E-state index contributed by atoms with van der Waals surface area (Å²) >= 11 is 0. The maximum Gasteiger partial charge on any atom is 0.337 e. The van der Waals surface area contributed by atoms with Crippen LogP contribution >= 0.6 is 0 Å². The van der Waals surface area contributed by atoms with Crippen LogP contribution in [0.4, 0.5) is 0 Å². The van der Waals surface area contributed by atoms with Crippen LogP contribution in [-0.2, 0) is 0 Å². The number of aromatic nitrogens is 2. The van der Waals surface area contributed by atoms with Gasteiger partial charge in [0.1, 0.15) is 5.52 Å². The molecule has 4 nitrogen and oxygen atoms in total. The molecular weight excluding hydrogens is 240 g/mol. The molecule has 0 saturated carbocycles. The van der Waals surface area contributed by atoms with Gasteiger partial charge in [0.15, 0.2) is 0 Å². The number of nitrogens with zero attached hydrogens (tertiary/aromatic N) is 2. The molecule has 3 aromatic rings. The molecule has 2 aromatic carbocycles. The fourth-order valence-corrected chi connectivity index (χ4v) is 1.95. The summed E-state index contributed by atoms with van der Waals surface area (Å²) in [5.74, 6) is -0.995. The summed E-state index contributed by atoms with van der Waals surface area (Å²) in [4.78, 5) is 19.9. The van der Waals surface area contributed by atoms with E-state index >= 15 is 0 Å². The van der Waals surface area contributed by atoms with Crippen molar-refractivity contribution in [1.82, 2.24) is 9.97 Å². The molecule has 0 amide bonds. The Morgan fingerprint density at radius 2 is 1.79 bits per heavy atom. The molecule has 1 heterocycles. The second-order valence-electron chi connectivity index (χ2n) is 4.10. The summed E-state index contributed by atoms with van der Waals surface area (Å²) in [6.45, 7) is 0. The molecule has 0 unspecified atom stereocenters. The largest absolute Gasteiger partial charge is 0.478 e. The SMILES string of the molecule is O=C(O)c1cccc2ncc(-c3ccccc3)nc12. The van der Waals surface area contributed by atoms with Crippen LogP contribution < -0.4 is 0 Å². The van der Waals surface area contributed by atoms with Gasteiger partial charge in [-0.1, -0.05) is 36.4 Å². The van der Waals surface area contributed by atoms with Crippen LogP contribution in [0.1, 0.15) is 10.4 Å². The van der Waals surface area contributed by atoms with Gasteiger partial charge in [-0.15, -0.1) is 0 Å². The summed E-state index contributed by atoms with van der Waals surface area (Å²) in [5, 5.41) is 9.18. The summed E-state index contributed by atoms with van der Waals surface area (Å²) in [6.07, 6.45) is 1.66. The Kier molecular flexibility index (Phi) is 2.68. The lowest BCUT2D eigenvalue weighted by Gasteiger charge is -2.04. The highest BCUT2D eigenvalue weighted by Crippen LogP contribution is 2.21. The minimum absolute atomic E-state index is 0.169. The smallest absolute Gasteiger partial charge is 0.337 e. The fraction of sp³-hybridized carbons (Fsp3) is 0. The highest BCUT2D eigenvalue weighted by Gasteiger charge is 2.11. The molecule has 19 heavy (non-hydrogen) atoms. The van der Waals surface area contributed by atoms with Crippen molar-refractivity contribution >= 4 is 17.0 Å². The molecule has 1 N–H and O–H groups in total. The fourth-order valence-electron chi connectivity index (χ4n) is 1.95. The second kappa shape index (κ2) is 4.49. The van der Waals surface area contributed by atoms with E-state index in [4.69, 9.17) is 0 Å². The molecule has 4 heteroatoms. The first kappa shape index (κ1) is 11.3. The average Bonchev–Trinajstić information content (AvgIpc) is 2.47. The van der Waals surface area contributed by atoms with Crippen molar-refractivity contribution in [2.75, 3.05) is 0 Å². The zero-order chi connectivity index (χ0) is 13.2. The van der Waals surface area contributed by atoms with Crippen molar-refractivity contribution < 1.29 is 9.90 Å². The maximum atomic E-state index is 11.2. The first-order valence-electron chi connectivity index (χ1n) is 5.80. The molecule has 0 aliphatic carbocycles. The van der Waals surface area contributed by atoms with Gasteiger partial charge in [0.25, 0.3) is 0 Å². The van der Waals surface area contributed by atoms with E-state index in [-0.39, 0.29) is 5.56 Å². The van der Waals surface area contributed by atoms with Crippen molar-refractivity contribution in [3.63, 3.8) is 0 Å². The van der Waals surface area contributed by atoms with E-state index in [0.29, 0.717) is 16.7 Å². The Hall–Kier alpha value is -2.75. The van der Waals surface area contributed by atoms with Gasteiger partial charge < -0.3 is 5.11 Å². The molecule has 0 spiro atoms. The normalized spacial score (nSPS) is 10.5. The van der Waals surface area contributed by atoms with Crippen molar-refractivity contribution in [3.8, 4) is 11.3 Å². The number of hydrogen-bond acceptors (Lipinski definition) is 3. The van der Waals surface area contributed by atoms with Gasteiger partial charge >= 0.3 is 5.97 Å². The Balaban J connectivity index is 2.25. The van der Waals surface area contributed by atoms with Crippen LogP contribution in [0.3, 0.4) is 0 Å². The number of carbonyl (C=O) groups is 1. The number of hydrogen-bond donors (Lipinski definition) is 1. The lowest BCUT2D eigenvalue weighted by atomic mass is 10.1. The zero-order valence-corrected chi connectivity index (χ0v) is 9.95. The van der Waals surface area contributed by atoms with Gasteiger partial charge in [-0.2, -0.15) is 0 Å². The number of fused-ring (bicyclic) bond motifs is 1. The molecule has 3 rings (SSSR count). The van der Waals surface area contributed by atoms with Crippen molar-refractivity contribution in [2.24, 2.45) is 0 Å². The second-order valence-corrected chi connectivity index (χ2v) is 4.10. The van der Waals surface area contributed by atoms with Crippen molar-refractivity contribution in [3.05, 3.63) is 60.3 Å². The van der Waals surface area contributed by atoms with Crippen LogP contribution in [0.15, 0.2) is 54.7 Å². The van der Waals surface area contributed by atoms with Crippen molar-refractivity contribution in [1.29, 1.82) is 0 Å². The molecule has 1 aromatic heterocycles. The Labute approximate surface area is 109 Å². The summed E-state index contributed by atoms with van der Waals surface area (Å²) < 4.78 is 0. The Bertz CT molecular complexity index is 754. The van der Waals surface area contributed by atoms with Gasteiger partial charge in [-0.25, -0.2) is 9.78 Å². The maximum absolute atomic E-state index is 11.2. The van der Waals surface area contributed by atoms with Crippen LogP contribution in [0, 0.1) is 0 Å². The summed E-state index contributed by atoms with van der Waals surface area (Å²) in [7, 11) is 0. The first-order chi connectivity index (χ1) is 9.25. The topological polar surface area (TPSA) is 63.1 Å². The minimum atomic E-state index is -0.995. The molecule has 0 fully saturated rings. The lowest BCUT2D eigenvalue weighted by molar-refractivity contribution is 0.0699. The van der Waals surface area contributed by atoms with E-state index in [2.05, 4.69) is 9.97 Å². The van der Waals surface area contributed by atoms with E-state index in [9.17, 15) is 9.90 Å². The molecule has 0 aliphatic rings. The number of carboxylic acid groups (broad SMARTS) is 1. The van der Waals surface area contributed by atoms with E-state index in [1.54, 1.807) is 18.3 Å². The van der Waals surface area contributed by atoms with Gasteiger partial charge in [0, 0.05) is 5.56 Å². The van der Waals surface area contributed by atoms with Crippen LogP contribution in [-0.4, -0.2) is 21.0 Å². The van der Waals surface area contributed by atoms with Crippen LogP contribution in [0.5, 0.6) is 0 Å². The number of para-hydroxylation sites is 1. The Morgan fingerprint density at radius 3 is 2.53 bits per heavy atom. The lowest BCUT2D eigenvalue weighted by Crippen LogP contribution is -2.00.